The molecule has 3 N–H and O–H groups in total. The third kappa shape index (κ3) is 3.20. The Kier molecular flexibility index (Phi) is 4.26. The van der Waals surface area contributed by atoms with Crippen molar-refractivity contribution in [2.24, 2.45) is 0 Å². The van der Waals surface area contributed by atoms with E-state index in [2.05, 4.69) is 9.71 Å². The van der Waals surface area contributed by atoms with Crippen LogP contribution in [0.4, 0.5) is 14.5 Å². The minimum Gasteiger partial charge on any atom is -0.394 e. The van der Waals surface area contributed by atoms with Gasteiger partial charge in [0.2, 0.25) is 10.0 Å². The van der Waals surface area contributed by atoms with E-state index >= 15 is 0 Å². The summed E-state index contributed by atoms with van der Waals surface area (Å²) < 4.78 is 53.5. The molecule has 0 radical (unpaired) electrons. The van der Waals surface area contributed by atoms with Crippen molar-refractivity contribution in [2.75, 3.05) is 5.73 Å². The van der Waals surface area contributed by atoms with Crippen LogP contribution in [0.3, 0.4) is 0 Å². The summed E-state index contributed by atoms with van der Waals surface area (Å²) in [6, 6.07) is 1.01. The molecule has 0 spiro atoms. The SMILES string of the molecule is Cc1cnc(C(C)NS(=O)(=O)c2ccc(F)c(N)c2F)s1. The van der Waals surface area contributed by atoms with E-state index in [1.165, 1.54) is 11.3 Å². The molecule has 1 unspecified atom stereocenters. The largest absolute Gasteiger partial charge is 0.394 e. The van der Waals surface area contributed by atoms with Crippen molar-refractivity contribution >= 4 is 27.0 Å². The van der Waals surface area contributed by atoms with Gasteiger partial charge in [0, 0.05) is 11.1 Å². The van der Waals surface area contributed by atoms with Gasteiger partial charge in [0.05, 0.1) is 6.04 Å². The summed E-state index contributed by atoms with van der Waals surface area (Å²) in [5.74, 6) is -2.31. The lowest BCUT2D eigenvalue weighted by atomic mass is 10.3. The molecule has 2 rings (SSSR count). The molecule has 2 aromatic rings. The Balaban J connectivity index is 2.33. The molecule has 0 aliphatic heterocycles. The number of nitrogen functional groups attached to an aromatic ring is 1. The zero-order chi connectivity index (χ0) is 15.8. The molecule has 114 valence electrons. The minimum atomic E-state index is -4.17. The highest BCUT2D eigenvalue weighted by Gasteiger charge is 2.25. The average Bonchev–Trinajstić information content (AvgIpc) is 2.82. The maximum Gasteiger partial charge on any atom is 0.244 e. The molecule has 1 heterocycles. The maximum absolute atomic E-state index is 13.8. The number of nitrogens with zero attached hydrogens (tertiary/aromatic N) is 1. The number of aryl methyl sites for hydroxylation is 1. The topological polar surface area (TPSA) is 85.1 Å². The lowest BCUT2D eigenvalue weighted by molar-refractivity contribution is 0.540. The van der Waals surface area contributed by atoms with E-state index in [1.807, 2.05) is 6.92 Å². The summed E-state index contributed by atoms with van der Waals surface area (Å²) >= 11 is 1.33. The Morgan fingerprint density at radius 2 is 2.05 bits per heavy atom. The first-order valence-corrected chi connectivity index (χ1v) is 8.20. The van der Waals surface area contributed by atoms with Crippen LogP contribution in [0.15, 0.2) is 23.2 Å². The standard InChI is InChI=1S/C12H13F2N3O2S2/c1-6-5-16-12(20-6)7(2)17-21(18,19)9-4-3-8(13)11(15)10(9)14/h3-5,7,17H,15H2,1-2H3. The fraction of sp³-hybridized carbons (Fsp3) is 0.250. The van der Waals surface area contributed by atoms with Crippen LogP contribution in [0.1, 0.15) is 22.9 Å². The Bertz CT molecular complexity index is 775. The number of sulfonamides is 1. The first-order chi connectivity index (χ1) is 9.72. The maximum atomic E-state index is 13.8. The molecule has 1 atom stereocenters. The van der Waals surface area contributed by atoms with Crippen molar-refractivity contribution in [1.29, 1.82) is 0 Å². The summed E-state index contributed by atoms with van der Waals surface area (Å²) in [6.07, 6.45) is 1.61. The average molecular weight is 333 g/mol. The lowest BCUT2D eigenvalue weighted by Crippen LogP contribution is -2.28. The summed E-state index contributed by atoms with van der Waals surface area (Å²) in [4.78, 5) is 4.29. The first-order valence-electron chi connectivity index (χ1n) is 5.90. The van der Waals surface area contributed by atoms with Crippen LogP contribution in [0, 0.1) is 18.6 Å². The number of rotatable bonds is 4. The highest BCUT2D eigenvalue weighted by atomic mass is 32.2. The fourth-order valence-corrected chi connectivity index (χ4v) is 3.82. The lowest BCUT2D eigenvalue weighted by Gasteiger charge is -2.13. The summed E-state index contributed by atoms with van der Waals surface area (Å²) in [5, 5.41) is 0.548. The fourth-order valence-electron chi connectivity index (χ4n) is 1.68. The van der Waals surface area contributed by atoms with Gasteiger partial charge in [0.25, 0.3) is 0 Å². The third-order valence-electron chi connectivity index (χ3n) is 2.72. The van der Waals surface area contributed by atoms with E-state index in [4.69, 9.17) is 5.73 Å². The van der Waals surface area contributed by atoms with E-state index in [0.717, 1.165) is 17.0 Å². The molecule has 0 fully saturated rings. The van der Waals surface area contributed by atoms with Gasteiger partial charge < -0.3 is 5.73 Å². The van der Waals surface area contributed by atoms with E-state index < -0.39 is 38.3 Å². The van der Waals surface area contributed by atoms with Gasteiger partial charge in [0.1, 0.15) is 21.4 Å². The number of nitrogens with two attached hydrogens (primary N) is 1. The minimum absolute atomic E-state index is 0.548. The van der Waals surface area contributed by atoms with Crippen molar-refractivity contribution in [1.82, 2.24) is 9.71 Å². The highest BCUT2D eigenvalue weighted by Crippen LogP contribution is 2.25. The molecular formula is C12H13F2N3O2S2. The number of benzene rings is 1. The molecule has 0 aliphatic rings. The second-order valence-electron chi connectivity index (χ2n) is 4.43. The van der Waals surface area contributed by atoms with Gasteiger partial charge in [-0.15, -0.1) is 11.3 Å². The van der Waals surface area contributed by atoms with Crippen molar-refractivity contribution in [2.45, 2.75) is 24.8 Å². The Morgan fingerprint density at radius 3 is 2.62 bits per heavy atom. The highest BCUT2D eigenvalue weighted by molar-refractivity contribution is 7.89. The molecule has 21 heavy (non-hydrogen) atoms. The zero-order valence-corrected chi connectivity index (χ0v) is 12.9. The van der Waals surface area contributed by atoms with Crippen LogP contribution in [-0.4, -0.2) is 13.4 Å². The Hall–Kier alpha value is -1.58. The van der Waals surface area contributed by atoms with Crippen LogP contribution in [-0.2, 0) is 10.0 Å². The van der Waals surface area contributed by atoms with Gasteiger partial charge in [-0.05, 0) is 26.0 Å². The number of anilines is 1. The predicted molar refractivity (Wildman–Crippen MR) is 76.4 cm³/mol. The second kappa shape index (κ2) is 5.66. The molecule has 0 saturated heterocycles. The zero-order valence-electron chi connectivity index (χ0n) is 11.2. The molecule has 0 bridgehead atoms. The van der Waals surface area contributed by atoms with Gasteiger partial charge in [-0.1, -0.05) is 0 Å². The first kappa shape index (κ1) is 15.8. The van der Waals surface area contributed by atoms with Crippen molar-refractivity contribution in [3.63, 3.8) is 0 Å². The summed E-state index contributed by atoms with van der Waals surface area (Å²) in [5.41, 5.74) is 4.35. The summed E-state index contributed by atoms with van der Waals surface area (Å²) in [7, 11) is -4.17. The van der Waals surface area contributed by atoms with Crippen LogP contribution in [0.2, 0.25) is 0 Å². The van der Waals surface area contributed by atoms with Gasteiger partial charge in [-0.25, -0.2) is 26.9 Å². The second-order valence-corrected chi connectivity index (χ2v) is 7.37. The Labute approximate surface area is 124 Å². The van der Waals surface area contributed by atoms with E-state index in [0.29, 0.717) is 5.01 Å². The number of hydrogen-bond donors (Lipinski definition) is 2. The summed E-state index contributed by atoms with van der Waals surface area (Å²) in [6.45, 7) is 3.42. The van der Waals surface area contributed by atoms with E-state index in [-0.39, 0.29) is 0 Å². The number of aromatic nitrogens is 1. The smallest absolute Gasteiger partial charge is 0.244 e. The van der Waals surface area contributed by atoms with Crippen molar-refractivity contribution in [3.8, 4) is 0 Å². The van der Waals surface area contributed by atoms with Crippen LogP contribution >= 0.6 is 11.3 Å². The number of thiazole rings is 1. The molecule has 0 aliphatic carbocycles. The van der Waals surface area contributed by atoms with Crippen LogP contribution < -0.4 is 10.5 Å². The molecular weight excluding hydrogens is 320 g/mol. The molecule has 0 amide bonds. The van der Waals surface area contributed by atoms with Crippen molar-refractivity contribution in [3.05, 3.63) is 39.8 Å². The predicted octanol–water partition coefficient (Wildman–Crippen LogP) is 2.35. The van der Waals surface area contributed by atoms with Crippen LogP contribution in [0.5, 0.6) is 0 Å². The molecule has 9 heteroatoms. The van der Waals surface area contributed by atoms with Crippen LogP contribution in [0.25, 0.3) is 0 Å². The molecule has 5 nitrogen and oxygen atoms in total. The molecule has 1 aromatic heterocycles. The number of halogens is 2. The normalized spacial score (nSPS) is 13.3. The van der Waals surface area contributed by atoms with E-state index in [9.17, 15) is 17.2 Å². The molecule has 1 aromatic carbocycles. The number of hydrogen-bond acceptors (Lipinski definition) is 5. The van der Waals surface area contributed by atoms with Crippen molar-refractivity contribution < 1.29 is 17.2 Å². The van der Waals surface area contributed by atoms with Gasteiger partial charge in [0.15, 0.2) is 5.82 Å². The molecule has 0 saturated carbocycles. The monoisotopic (exact) mass is 333 g/mol. The Morgan fingerprint density at radius 1 is 1.38 bits per heavy atom. The van der Waals surface area contributed by atoms with E-state index in [1.54, 1.807) is 13.1 Å². The third-order valence-corrected chi connectivity index (χ3v) is 5.38. The quantitative estimate of drug-likeness (QED) is 0.841. The number of nitrogens with one attached hydrogen (secondary N) is 1. The van der Waals surface area contributed by atoms with Gasteiger partial charge in [-0.2, -0.15) is 0 Å². The van der Waals surface area contributed by atoms with Gasteiger partial charge in [-0.3, -0.25) is 0 Å². The van der Waals surface area contributed by atoms with Gasteiger partial charge >= 0.3 is 0 Å².